The van der Waals surface area contributed by atoms with Crippen LogP contribution in [0, 0.1) is 11.7 Å². The van der Waals surface area contributed by atoms with E-state index in [0.717, 1.165) is 6.08 Å². The molecule has 0 aliphatic carbocycles. The topological polar surface area (TPSA) is 104 Å². The van der Waals surface area contributed by atoms with Crippen molar-refractivity contribution < 1.29 is 29.0 Å². The molecular weight excluding hydrogens is 461 g/mol. The fourth-order valence-corrected chi connectivity index (χ4v) is 3.53. The zero-order valence-electron chi connectivity index (χ0n) is 19.2. The molecule has 1 unspecified atom stereocenters. The largest absolute Gasteiger partial charge is 0.508 e. The molecule has 0 fully saturated rings. The summed E-state index contributed by atoms with van der Waals surface area (Å²) in [5.74, 6) is -3.77. The molecule has 0 aromatic heterocycles. The van der Waals surface area contributed by atoms with E-state index in [4.69, 9.17) is 0 Å². The molecule has 0 saturated carbocycles. The number of aromatic hydroxyl groups is 2. The van der Waals surface area contributed by atoms with Crippen LogP contribution >= 0.6 is 0 Å². The molecule has 0 spiro atoms. The maximum Gasteiger partial charge on any atom is 0.243 e. The molecule has 36 heavy (non-hydrogen) atoms. The summed E-state index contributed by atoms with van der Waals surface area (Å²) in [5.41, 5.74) is 1.39. The van der Waals surface area contributed by atoms with Gasteiger partial charge in [-0.25, -0.2) is 4.39 Å². The molecule has 0 aliphatic rings. The van der Waals surface area contributed by atoms with Crippen molar-refractivity contribution >= 4 is 29.6 Å². The molecule has 1 amide bonds. The summed E-state index contributed by atoms with van der Waals surface area (Å²) < 4.78 is 13.6. The Bertz CT molecular complexity index is 1260. The Kier molecular flexibility index (Phi) is 8.67. The predicted molar refractivity (Wildman–Crippen MR) is 135 cm³/mol. The maximum atomic E-state index is 13.6. The van der Waals surface area contributed by atoms with Crippen LogP contribution in [-0.2, 0) is 14.4 Å². The molecule has 182 valence electrons. The van der Waals surface area contributed by atoms with Crippen LogP contribution in [0.5, 0.6) is 11.5 Å². The van der Waals surface area contributed by atoms with Crippen molar-refractivity contribution in [2.45, 2.75) is 6.04 Å². The minimum absolute atomic E-state index is 0.00806. The van der Waals surface area contributed by atoms with Gasteiger partial charge in [-0.1, -0.05) is 55.1 Å². The number of phenolic OH excluding ortho intramolecular Hbond substituents is 2. The Morgan fingerprint density at radius 1 is 0.806 bits per heavy atom. The molecule has 3 aromatic carbocycles. The highest BCUT2D eigenvalue weighted by Gasteiger charge is 2.34. The smallest absolute Gasteiger partial charge is 0.243 e. The first-order chi connectivity index (χ1) is 17.3. The van der Waals surface area contributed by atoms with Crippen LogP contribution in [0.1, 0.15) is 22.7 Å². The Hall–Kier alpha value is -4.78. The molecule has 1 atom stereocenters. The second-order valence-corrected chi connectivity index (χ2v) is 7.88. The van der Waals surface area contributed by atoms with Gasteiger partial charge in [0.25, 0.3) is 0 Å². The number of allylic oxidation sites excluding steroid dienone is 2. The van der Waals surface area contributed by atoms with Crippen molar-refractivity contribution in [1.29, 1.82) is 0 Å². The lowest BCUT2D eigenvalue weighted by atomic mass is 9.85. The Morgan fingerprint density at radius 2 is 1.31 bits per heavy atom. The minimum Gasteiger partial charge on any atom is -0.508 e. The number of carbonyl (C=O) groups is 3. The molecule has 0 bridgehead atoms. The molecular formula is C29H24FNO5. The van der Waals surface area contributed by atoms with Gasteiger partial charge in [-0.05, 0) is 71.3 Å². The zero-order chi connectivity index (χ0) is 26.1. The van der Waals surface area contributed by atoms with Crippen molar-refractivity contribution in [1.82, 2.24) is 5.32 Å². The van der Waals surface area contributed by atoms with Gasteiger partial charge in [0.05, 0.1) is 6.04 Å². The lowest BCUT2D eigenvalue weighted by Crippen LogP contribution is -2.39. The van der Waals surface area contributed by atoms with E-state index in [1.54, 1.807) is 24.3 Å². The van der Waals surface area contributed by atoms with E-state index >= 15 is 0 Å². The lowest BCUT2D eigenvalue weighted by Gasteiger charge is -2.25. The molecule has 0 aliphatic heterocycles. The molecule has 6 nitrogen and oxygen atoms in total. The van der Waals surface area contributed by atoms with Crippen LogP contribution in [0.3, 0.4) is 0 Å². The van der Waals surface area contributed by atoms with Gasteiger partial charge in [-0.15, -0.1) is 0 Å². The Balaban J connectivity index is 2.03. The average Bonchev–Trinajstić information content (AvgIpc) is 2.86. The number of hydrogen-bond donors (Lipinski definition) is 3. The summed E-state index contributed by atoms with van der Waals surface area (Å²) >= 11 is 0. The number of benzene rings is 3. The fraction of sp³-hybridized carbons (Fsp3) is 0.0690. The van der Waals surface area contributed by atoms with Crippen molar-refractivity contribution in [3.8, 4) is 11.5 Å². The lowest BCUT2D eigenvalue weighted by molar-refractivity contribution is -0.129. The molecule has 3 N–H and O–H groups in total. The molecule has 0 radical (unpaired) electrons. The van der Waals surface area contributed by atoms with Gasteiger partial charge in [-0.3, -0.25) is 14.4 Å². The third-order valence-corrected chi connectivity index (χ3v) is 5.28. The van der Waals surface area contributed by atoms with E-state index < -0.39 is 35.3 Å². The first kappa shape index (κ1) is 25.8. The first-order valence-corrected chi connectivity index (χ1v) is 11.0. The summed E-state index contributed by atoms with van der Waals surface area (Å²) in [6.45, 7) is 3.42. The maximum absolute atomic E-state index is 13.6. The van der Waals surface area contributed by atoms with Crippen molar-refractivity contribution in [2.24, 2.45) is 5.92 Å². The van der Waals surface area contributed by atoms with E-state index in [1.165, 1.54) is 72.8 Å². The number of amides is 1. The number of carbonyl (C=O) groups excluding carboxylic acids is 3. The molecule has 3 aromatic rings. The average molecular weight is 486 g/mol. The number of halogens is 1. The van der Waals surface area contributed by atoms with Crippen LogP contribution in [0.2, 0.25) is 0 Å². The van der Waals surface area contributed by atoms with Crippen LogP contribution in [0.15, 0.2) is 97.6 Å². The zero-order valence-corrected chi connectivity index (χ0v) is 19.2. The van der Waals surface area contributed by atoms with Gasteiger partial charge >= 0.3 is 0 Å². The highest BCUT2D eigenvalue weighted by atomic mass is 19.1. The predicted octanol–water partition coefficient (Wildman–Crippen LogP) is 4.76. The van der Waals surface area contributed by atoms with Gasteiger partial charge in [-0.2, -0.15) is 0 Å². The number of phenols is 2. The highest BCUT2D eigenvalue weighted by molar-refractivity contribution is 6.14. The van der Waals surface area contributed by atoms with E-state index in [1.807, 2.05) is 0 Å². The minimum atomic E-state index is -1.40. The monoisotopic (exact) mass is 485 g/mol. The summed E-state index contributed by atoms with van der Waals surface area (Å²) in [6, 6.07) is 16.4. The van der Waals surface area contributed by atoms with Crippen LogP contribution in [-0.4, -0.2) is 27.7 Å². The molecule has 7 heteroatoms. The van der Waals surface area contributed by atoms with Gasteiger partial charge in [0.1, 0.15) is 23.2 Å². The second-order valence-electron chi connectivity index (χ2n) is 7.88. The quantitative estimate of drug-likeness (QED) is 0.284. The van der Waals surface area contributed by atoms with Crippen molar-refractivity contribution in [2.75, 3.05) is 0 Å². The van der Waals surface area contributed by atoms with Gasteiger partial charge < -0.3 is 15.5 Å². The van der Waals surface area contributed by atoms with Crippen LogP contribution < -0.4 is 5.32 Å². The summed E-state index contributed by atoms with van der Waals surface area (Å²) in [5, 5.41) is 22.0. The van der Waals surface area contributed by atoms with Gasteiger partial charge in [0.15, 0.2) is 11.6 Å². The fourth-order valence-electron chi connectivity index (χ4n) is 3.53. The van der Waals surface area contributed by atoms with E-state index in [2.05, 4.69) is 11.9 Å². The first-order valence-electron chi connectivity index (χ1n) is 11.0. The van der Waals surface area contributed by atoms with Crippen molar-refractivity contribution in [3.63, 3.8) is 0 Å². The van der Waals surface area contributed by atoms with E-state index in [0.29, 0.717) is 16.7 Å². The van der Waals surface area contributed by atoms with Gasteiger partial charge in [0.2, 0.25) is 5.91 Å². The van der Waals surface area contributed by atoms with Crippen LogP contribution in [0.25, 0.3) is 12.2 Å². The van der Waals surface area contributed by atoms with E-state index in [-0.39, 0.29) is 11.5 Å². The third-order valence-electron chi connectivity index (χ3n) is 5.28. The normalized spacial score (nSPS) is 12.8. The van der Waals surface area contributed by atoms with Gasteiger partial charge in [0, 0.05) is 0 Å². The summed E-state index contributed by atoms with van der Waals surface area (Å²) in [6.07, 6.45) is 6.27. The third kappa shape index (κ3) is 7.11. The SMILES string of the molecule is C=CC(=O)NC(c1ccc(F)cc1)C(C(=O)C=Cc1cccc(O)c1)C(=O)C=Cc1cccc(O)c1. The summed E-state index contributed by atoms with van der Waals surface area (Å²) in [7, 11) is 0. The van der Waals surface area contributed by atoms with Crippen molar-refractivity contribution in [3.05, 3.63) is 120 Å². The number of hydrogen-bond acceptors (Lipinski definition) is 5. The Labute approximate surface area is 207 Å². The highest BCUT2D eigenvalue weighted by Crippen LogP contribution is 2.27. The van der Waals surface area contributed by atoms with Crippen LogP contribution in [0.4, 0.5) is 4.39 Å². The molecule has 0 heterocycles. The standard InChI is InChI=1S/C29H24FNO5/c1-2-27(36)31-29(21-11-13-22(30)14-12-21)28(25(34)15-9-19-5-3-7-23(32)17-19)26(35)16-10-20-6-4-8-24(33)18-20/h2-18,28-29,32-33H,1H2,(H,31,36). The number of rotatable bonds is 10. The van der Waals surface area contributed by atoms with E-state index in [9.17, 15) is 29.0 Å². The molecule has 3 rings (SSSR count). The number of ketones is 2. The Morgan fingerprint density at radius 3 is 1.75 bits per heavy atom. The summed E-state index contributed by atoms with van der Waals surface area (Å²) in [4.78, 5) is 39.0. The second kappa shape index (κ2) is 12.1. The molecule has 0 saturated heterocycles. The number of nitrogens with one attached hydrogen (secondary N) is 1.